The molecule has 1 aliphatic rings. The van der Waals surface area contributed by atoms with E-state index in [2.05, 4.69) is 47.1 Å². The highest BCUT2D eigenvalue weighted by Gasteiger charge is 2.18. The van der Waals surface area contributed by atoms with Gasteiger partial charge in [-0.15, -0.1) is 11.8 Å². The average Bonchev–Trinajstić information content (AvgIpc) is 3.17. The minimum atomic E-state index is -3.70. The molecular weight excluding hydrogens is 406 g/mol. The Morgan fingerprint density at radius 3 is 2.69 bits per heavy atom. The summed E-state index contributed by atoms with van der Waals surface area (Å²) in [4.78, 5) is 17.6. The smallest absolute Gasteiger partial charge is 0.262 e. The number of sulfonamides is 1. The molecule has 0 spiro atoms. The van der Waals surface area contributed by atoms with E-state index in [-0.39, 0.29) is 10.8 Å². The first-order valence-electron chi connectivity index (χ1n) is 9.49. The third-order valence-electron chi connectivity index (χ3n) is 4.63. The van der Waals surface area contributed by atoms with Gasteiger partial charge in [0.15, 0.2) is 0 Å². The average molecular weight is 432 g/mol. The highest BCUT2D eigenvalue weighted by Crippen LogP contribution is 2.22. The maximum absolute atomic E-state index is 12.5. The third-order valence-corrected chi connectivity index (χ3v) is 7.01. The van der Waals surface area contributed by atoms with Crippen molar-refractivity contribution in [2.75, 3.05) is 17.6 Å². The van der Waals surface area contributed by atoms with Crippen molar-refractivity contribution in [1.82, 2.24) is 4.72 Å². The number of carbonyl (C=O) groups excluding carboxylic acids is 1. The number of anilines is 1. The van der Waals surface area contributed by atoms with Gasteiger partial charge in [-0.2, -0.15) is 0 Å². The third kappa shape index (κ3) is 6.08. The molecule has 29 heavy (non-hydrogen) atoms. The summed E-state index contributed by atoms with van der Waals surface area (Å²) >= 11 is 1.63. The van der Waals surface area contributed by atoms with Crippen molar-refractivity contribution in [2.45, 2.75) is 42.9 Å². The maximum Gasteiger partial charge on any atom is 0.262 e. The quantitative estimate of drug-likeness (QED) is 0.651. The molecule has 0 radical (unpaired) electrons. The Kier molecular flexibility index (Phi) is 6.97. The summed E-state index contributed by atoms with van der Waals surface area (Å²) in [5, 5.41) is 2.78. The van der Waals surface area contributed by atoms with Gasteiger partial charge in [-0.05, 0) is 61.7 Å². The molecule has 3 rings (SSSR count). The van der Waals surface area contributed by atoms with E-state index in [1.807, 2.05) is 0 Å². The Hall–Kier alpha value is -2.32. The fraction of sp³-hybridized carbons (Fsp3) is 0.333. The van der Waals surface area contributed by atoms with Gasteiger partial charge in [0.05, 0.1) is 4.90 Å². The monoisotopic (exact) mass is 431 g/mol. The summed E-state index contributed by atoms with van der Waals surface area (Å²) in [6, 6.07) is 12.5. The number of amidine groups is 1. The van der Waals surface area contributed by atoms with Gasteiger partial charge in [0.1, 0.15) is 5.84 Å². The van der Waals surface area contributed by atoms with E-state index in [9.17, 15) is 13.2 Å². The maximum atomic E-state index is 12.5. The topological polar surface area (TPSA) is 87.6 Å². The molecule has 154 valence electrons. The van der Waals surface area contributed by atoms with E-state index in [0.717, 1.165) is 11.3 Å². The van der Waals surface area contributed by atoms with Gasteiger partial charge in [-0.25, -0.2) is 8.42 Å². The number of aryl methyl sites for hydroxylation is 2. The van der Waals surface area contributed by atoms with Crippen LogP contribution in [0, 0.1) is 13.8 Å². The van der Waals surface area contributed by atoms with E-state index in [1.165, 1.54) is 23.3 Å². The predicted octanol–water partition coefficient (Wildman–Crippen LogP) is 3.89. The highest BCUT2D eigenvalue weighted by atomic mass is 32.2. The zero-order valence-electron chi connectivity index (χ0n) is 16.6. The van der Waals surface area contributed by atoms with Gasteiger partial charge in [-0.3, -0.25) is 14.5 Å². The molecule has 0 fully saturated rings. The number of hydrogen-bond acceptors (Lipinski definition) is 5. The van der Waals surface area contributed by atoms with Crippen LogP contribution in [0.5, 0.6) is 0 Å². The van der Waals surface area contributed by atoms with Gasteiger partial charge in [-0.1, -0.05) is 12.1 Å². The molecule has 0 aromatic heterocycles. The lowest BCUT2D eigenvalue weighted by atomic mass is 10.1. The van der Waals surface area contributed by atoms with Crippen LogP contribution in [0.1, 0.15) is 30.4 Å². The fourth-order valence-electron chi connectivity index (χ4n) is 2.87. The van der Waals surface area contributed by atoms with Crippen LogP contribution in [0.25, 0.3) is 0 Å². The summed E-state index contributed by atoms with van der Waals surface area (Å²) in [5.41, 5.74) is 2.94. The Balaban J connectivity index is 1.55. The van der Waals surface area contributed by atoms with Crippen LogP contribution in [0.4, 0.5) is 5.69 Å². The minimum absolute atomic E-state index is 0.106. The molecule has 0 bridgehead atoms. The summed E-state index contributed by atoms with van der Waals surface area (Å²) < 4.78 is 27.5. The molecule has 1 aliphatic heterocycles. The summed E-state index contributed by atoms with van der Waals surface area (Å²) in [6.45, 7) is 4.79. The van der Waals surface area contributed by atoms with Crippen LogP contribution in [-0.4, -0.2) is 32.5 Å². The minimum Gasteiger partial charge on any atom is -0.326 e. The largest absolute Gasteiger partial charge is 0.326 e. The van der Waals surface area contributed by atoms with Crippen molar-refractivity contribution in [2.24, 2.45) is 4.99 Å². The van der Waals surface area contributed by atoms with Crippen molar-refractivity contribution < 1.29 is 13.2 Å². The molecule has 6 nitrogen and oxygen atoms in total. The van der Waals surface area contributed by atoms with Gasteiger partial charge in [0.2, 0.25) is 5.91 Å². The lowest BCUT2D eigenvalue weighted by Crippen LogP contribution is -2.29. The number of hydrogen-bond donors (Lipinski definition) is 2. The standard InChI is InChI=1S/C21H25N3O3S2/c1-15-8-9-18(13-16(15)2)28-12-10-21(25)23-17-5-3-6-19(14-17)29(26,27)24-20-7-4-11-22-20/h3,5-6,8-9,13-14H,4,7,10-12H2,1-2H3,(H,22,24)(H,23,25). The van der Waals surface area contributed by atoms with E-state index in [1.54, 1.807) is 23.9 Å². The zero-order chi connectivity index (χ0) is 20.9. The Bertz CT molecular complexity index is 1030. The number of carbonyl (C=O) groups is 1. The van der Waals surface area contributed by atoms with E-state index >= 15 is 0 Å². The second-order valence-electron chi connectivity index (χ2n) is 6.96. The van der Waals surface area contributed by atoms with Crippen LogP contribution in [0.15, 0.2) is 57.2 Å². The van der Waals surface area contributed by atoms with E-state index < -0.39 is 10.0 Å². The first kappa shape index (κ1) is 21.4. The lowest BCUT2D eigenvalue weighted by molar-refractivity contribution is -0.115. The van der Waals surface area contributed by atoms with Crippen molar-refractivity contribution in [3.8, 4) is 0 Å². The highest BCUT2D eigenvalue weighted by molar-refractivity contribution is 7.99. The molecule has 0 saturated carbocycles. The van der Waals surface area contributed by atoms with Crippen LogP contribution in [-0.2, 0) is 14.8 Å². The summed E-state index contributed by atoms with van der Waals surface area (Å²) in [7, 11) is -3.70. The molecule has 0 atom stereocenters. The Morgan fingerprint density at radius 1 is 1.14 bits per heavy atom. The summed E-state index contributed by atoms with van der Waals surface area (Å²) in [5.74, 6) is 0.986. The van der Waals surface area contributed by atoms with Crippen LogP contribution in [0.2, 0.25) is 0 Å². The van der Waals surface area contributed by atoms with Crippen LogP contribution >= 0.6 is 11.8 Å². The lowest BCUT2D eigenvalue weighted by Gasteiger charge is -2.10. The van der Waals surface area contributed by atoms with Gasteiger partial charge in [0.25, 0.3) is 10.0 Å². The molecule has 2 aromatic carbocycles. The first-order chi connectivity index (χ1) is 13.8. The molecule has 0 unspecified atom stereocenters. The van der Waals surface area contributed by atoms with Gasteiger partial charge in [0, 0.05) is 35.7 Å². The van der Waals surface area contributed by atoms with E-state index in [4.69, 9.17) is 0 Å². The van der Waals surface area contributed by atoms with Crippen molar-refractivity contribution in [1.29, 1.82) is 0 Å². The first-order valence-corrected chi connectivity index (χ1v) is 12.0. The number of aliphatic imine (C=N–C) groups is 1. The van der Waals surface area contributed by atoms with Crippen molar-refractivity contribution in [3.05, 3.63) is 53.6 Å². The molecule has 2 aromatic rings. The second-order valence-corrected chi connectivity index (χ2v) is 9.81. The summed E-state index contributed by atoms with van der Waals surface area (Å²) in [6.07, 6.45) is 1.82. The Labute approximate surface area is 176 Å². The van der Waals surface area contributed by atoms with Crippen LogP contribution in [0.3, 0.4) is 0 Å². The van der Waals surface area contributed by atoms with Crippen LogP contribution < -0.4 is 10.0 Å². The number of nitrogens with zero attached hydrogens (tertiary/aromatic N) is 1. The molecule has 8 heteroatoms. The molecule has 2 N–H and O–H groups in total. The van der Waals surface area contributed by atoms with E-state index in [0.29, 0.717) is 36.7 Å². The fourth-order valence-corrected chi connectivity index (χ4v) is 4.95. The number of rotatable bonds is 7. The molecule has 0 aliphatic carbocycles. The SMILES string of the molecule is Cc1ccc(SCCC(=O)Nc2cccc(S(=O)(=O)NC3=NCCC3)c2)cc1C. The zero-order valence-corrected chi connectivity index (χ0v) is 18.2. The number of thioether (sulfide) groups is 1. The Morgan fingerprint density at radius 2 is 1.97 bits per heavy atom. The van der Waals surface area contributed by atoms with Gasteiger partial charge < -0.3 is 5.32 Å². The molecule has 1 heterocycles. The number of benzene rings is 2. The molecule has 0 saturated heterocycles. The second kappa shape index (κ2) is 9.45. The van der Waals surface area contributed by atoms with Crippen molar-refractivity contribution >= 4 is 39.2 Å². The number of amides is 1. The van der Waals surface area contributed by atoms with Gasteiger partial charge >= 0.3 is 0 Å². The predicted molar refractivity (Wildman–Crippen MR) is 118 cm³/mol. The number of nitrogens with one attached hydrogen (secondary N) is 2. The van der Waals surface area contributed by atoms with Crippen molar-refractivity contribution in [3.63, 3.8) is 0 Å². The normalized spacial score (nSPS) is 13.8. The molecular formula is C21H25N3O3S2. The molecule has 1 amide bonds.